The van der Waals surface area contributed by atoms with Gasteiger partial charge in [-0.1, -0.05) is 52.3 Å². The molecule has 190 valence electrons. The lowest BCUT2D eigenvalue weighted by atomic mass is 10.1. The lowest BCUT2D eigenvalue weighted by Crippen LogP contribution is -2.31. The van der Waals surface area contributed by atoms with Crippen LogP contribution >= 0.6 is 15.9 Å². The number of benzene rings is 3. The number of carbonyl (C=O) groups is 1. The van der Waals surface area contributed by atoms with Gasteiger partial charge < -0.3 is 15.5 Å². The summed E-state index contributed by atoms with van der Waals surface area (Å²) in [6.45, 7) is 0.0635. The van der Waals surface area contributed by atoms with E-state index in [0.717, 1.165) is 18.4 Å². The maximum absolute atomic E-state index is 14.4. The minimum atomic E-state index is -4.32. The fourth-order valence-electron chi connectivity index (χ4n) is 4.02. The Bertz CT molecular complexity index is 1200. The van der Waals surface area contributed by atoms with Crippen LogP contribution in [0, 0.1) is 5.82 Å². The monoisotopic (exact) mass is 563 g/mol. The van der Waals surface area contributed by atoms with E-state index in [0.29, 0.717) is 40.1 Å². The minimum Gasteiger partial charge on any atom is -0.369 e. The molecule has 0 unspecified atom stereocenters. The molecule has 2 amide bonds. The van der Waals surface area contributed by atoms with Crippen molar-refractivity contribution < 1.29 is 22.4 Å². The molecular weight excluding hydrogens is 538 g/mol. The predicted molar refractivity (Wildman–Crippen MR) is 138 cm³/mol. The van der Waals surface area contributed by atoms with Crippen LogP contribution in [0.25, 0.3) is 0 Å². The molecule has 4 rings (SSSR count). The van der Waals surface area contributed by atoms with Crippen molar-refractivity contribution >= 4 is 39.0 Å². The van der Waals surface area contributed by atoms with E-state index in [9.17, 15) is 22.4 Å². The second kappa shape index (κ2) is 11.3. The molecule has 0 aromatic heterocycles. The highest BCUT2D eigenvalue weighted by Gasteiger charge is 2.29. The number of rotatable bonds is 9. The number of hydrogen-bond acceptors (Lipinski definition) is 2. The highest BCUT2D eigenvalue weighted by Crippen LogP contribution is 2.41. The molecule has 0 saturated heterocycles. The Morgan fingerprint density at radius 2 is 1.72 bits per heavy atom. The van der Waals surface area contributed by atoms with Crippen LogP contribution in [0.3, 0.4) is 0 Å². The fourth-order valence-corrected chi connectivity index (χ4v) is 4.38. The second-order valence-corrected chi connectivity index (χ2v) is 9.75. The number of nitrogens with one attached hydrogen (secondary N) is 2. The Morgan fingerprint density at radius 3 is 2.39 bits per heavy atom. The summed E-state index contributed by atoms with van der Waals surface area (Å²) in [7, 11) is 0. The van der Waals surface area contributed by atoms with Crippen molar-refractivity contribution in [2.24, 2.45) is 0 Å². The number of urea groups is 1. The molecule has 1 aliphatic carbocycles. The molecule has 0 aliphatic heterocycles. The molecule has 2 N–H and O–H groups in total. The normalized spacial score (nSPS) is 13.4. The summed E-state index contributed by atoms with van der Waals surface area (Å²) in [4.78, 5) is 14.4. The van der Waals surface area contributed by atoms with E-state index >= 15 is 0 Å². The first kappa shape index (κ1) is 26.0. The molecule has 3 aromatic rings. The first-order chi connectivity index (χ1) is 17.2. The third kappa shape index (κ3) is 7.46. The number of carbonyl (C=O) groups excluding carboxylic acids is 1. The Balaban J connectivity index is 1.51. The average molecular weight is 564 g/mol. The van der Waals surface area contributed by atoms with E-state index in [4.69, 9.17) is 0 Å². The van der Waals surface area contributed by atoms with Crippen molar-refractivity contribution in [2.45, 2.75) is 37.8 Å². The molecule has 36 heavy (non-hydrogen) atoms. The summed E-state index contributed by atoms with van der Waals surface area (Å²) in [5.74, 6) is -0.117. The van der Waals surface area contributed by atoms with Gasteiger partial charge in [-0.25, -0.2) is 9.18 Å². The van der Waals surface area contributed by atoms with Crippen molar-refractivity contribution in [3.05, 3.63) is 88.1 Å². The summed E-state index contributed by atoms with van der Waals surface area (Å²) in [5, 5.41) is 5.33. The van der Waals surface area contributed by atoms with E-state index in [1.807, 2.05) is 30.3 Å². The van der Waals surface area contributed by atoms with Crippen LogP contribution in [-0.2, 0) is 6.42 Å². The van der Waals surface area contributed by atoms with E-state index in [2.05, 4.69) is 26.6 Å². The van der Waals surface area contributed by atoms with Gasteiger partial charge in [-0.15, -0.1) is 0 Å². The molecule has 3 aromatic carbocycles. The molecule has 0 radical (unpaired) electrons. The third-order valence-corrected chi connectivity index (χ3v) is 6.49. The van der Waals surface area contributed by atoms with Gasteiger partial charge in [-0.3, -0.25) is 0 Å². The van der Waals surface area contributed by atoms with Crippen LogP contribution in [-0.4, -0.2) is 25.3 Å². The van der Waals surface area contributed by atoms with Crippen molar-refractivity contribution in [1.82, 2.24) is 0 Å². The number of anilines is 3. The van der Waals surface area contributed by atoms with E-state index in [1.54, 1.807) is 35.2 Å². The van der Waals surface area contributed by atoms with Crippen LogP contribution in [0.4, 0.5) is 39.4 Å². The van der Waals surface area contributed by atoms with Gasteiger partial charge in [0.15, 0.2) is 0 Å². The molecule has 0 heterocycles. The number of alkyl halides is 3. The molecule has 9 heteroatoms. The highest BCUT2D eigenvalue weighted by atomic mass is 79.9. The van der Waals surface area contributed by atoms with Gasteiger partial charge in [-0.2, -0.15) is 13.2 Å². The minimum absolute atomic E-state index is 0.246. The zero-order valence-corrected chi connectivity index (χ0v) is 21.0. The lowest BCUT2D eigenvalue weighted by molar-refractivity contribution is -0.132. The first-order valence-electron chi connectivity index (χ1n) is 11.7. The van der Waals surface area contributed by atoms with E-state index < -0.39 is 18.6 Å². The second-order valence-electron chi connectivity index (χ2n) is 8.84. The average Bonchev–Trinajstić information content (AvgIpc) is 3.65. The van der Waals surface area contributed by atoms with Crippen LogP contribution in [0.2, 0.25) is 0 Å². The van der Waals surface area contributed by atoms with Gasteiger partial charge in [0.1, 0.15) is 5.82 Å². The third-order valence-electron chi connectivity index (χ3n) is 6.00. The zero-order valence-electron chi connectivity index (χ0n) is 19.4. The lowest BCUT2D eigenvalue weighted by Gasteiger charge is -2.28. The zero-order chi connectivity index (χ0) is 25.7. The van der Waals surface area contributed by atoms with Gasteiger partial charge in [0.05, 0.1) is 17.8 Å². The molecule has 0 bridgehead atoms. The standard InChI is InChI=1S/C27H26BrF4N3O/c28-20-8-11-25(35(15-13-27(30,31)32)14-12-18-4-2-1-3-5-18)24(16-20)34-26(36)33-21-9-10-22(19-6-7-19)23(29)17-21/h1-5,8-11,16-17,19H,6-7,12-15H2,(H2,33,34,36). The van der Waals surface area contributed by atoms with Crippen molar-refractivity contribution in [1.29, 1.82) is 0 Å². The predicted octanol–water partition coefficient (Wildman–Crippen LogP) is 8.11. The Kier molecular flexibility index (Phi) is 8.18. The van der Waals surface area contributed by atoms with Crippen LogP contribution in [0.5, 0.6) is 0 Å². The Hall–Kier alpha value is -3.07. The summed E-state index contributed by atoms with van der Waals surface area (Å²) < 4.78 is 54.3. The van der Waals surface area contributed by atoms with Crippen LogP contribution in [0.1, 0.15) is 36.3 Å². The Morgan fingerprint density at radius 1 is 0.972 bits per heavy atom. The van der Waals surface area contributed by atoms with Crippen LogP contribution in [0.15, 0.2) is 71.2 Å². The quantitative estimate of drug-likeness (QED) is 0.258. The maximum atomic E-state index is 14.4. The van der Waals surface area contributed by atoms with Gasteiger partial charge >= 0.3 is 12.2 Å². The first-order valence-corrected chi connectivity index (χ1v) is 12.5. The van der Waals surface area contributed by atoms with E-state index in [1.165, 1.54) is 6.07 Å². The van der Waals surface area contributed by atoms with Crippen molar-refractivity contribution in [2.75, 3.05) is 28.6 Å². The molecule has 0 spiro atoms. The smallest absolute Gasteiger partial charge is 0.369 e. The summed E-state index contributed by atoms with van der Waals surface area (Å²) in [6, 6.07) is 18.5. The summed E-state index contributed by atoms with van der Waals surface area (Å²) in [6.07, 6.45) is -2.85. The Labute approximate surface area is 215 Å². The van der Waals surface area contributed by atoms with Crippen molar-refractivity contribution in [3.63, 3.8) is 0 Å². The molecule has 1 aliphatic rings. The van der Waals surface area contributed by atoms with Crippen molar-refractivity contribution in [3.8, 4) is 0 Å². The highest BCUT2D eigenvalue weighted by molar-refractivity contribution is 9.10. The number of amides is 2. The topological polar surface area (TPSA) is 44.4 Å². The van der Waals surface area contributed by atoms with Gasteiger partial charge in [0.25, 0.3) is 0 Å². The van der Waals surface area contributed by atoms with Crippen LogP contribution < -0.4 is 15.5 Å². The molecule has 0 atom stereocenters. The van der Waals surface area contributed by atoms with Gasteiger partial charge in [-0.05, 0) is 66.6 Å². The summed E-state index contributed by atoms with van der Waals surface area (Å²) in [5.41, 5.74) is 2.74. The fraction of sp³-hybridized carbons (Fsp3) is 0.296. The SMILES string of the molecule is O=C(Nc1ccc(C2CC2)c(F)c1)Nc1cc(Br)ccc1N(CCc1ccccc1)CCC(F)(F)F. The maximum Gasteiger partial charge on any atom is 0.390 e. The number of nitrogens with zero attached hydrogens (tertiary/aromatic N) is 1. The molecular formula is C27H26BrF4N3O. The molecule has 4 nitrogen and oxygen atoms in total. The summed E-state index contributed by atoms with van der Waals surface area (Å²) >= 11 is 3.37. The molecule has 1 fully saturated rings. The number of halogens is 5. The van der Waals surface area contributed by atoms with Gasteiger partial charge in [0, 0.05) is 23.2 Å². The number of hydrogen-bond donors (Lipinski definition) is 2. The van der Waals surface area contributed by atoms with Gasteiger partial charge in [0.2, 0.25) is 0 Å². The van der Waals surface area contributed by atoms with E-state index in [-0.39, 0.29) is 18.3 Å². The largest absolute Gasteiger partial charge is 0.390 e. The molecule has 1 saturated carbocycles.